The minimum absolute atomic E-state index is 0.628. The van der Waals surface area contributed by atoms with Crippen LogP contribution < -0.4 is 5.32 Å². The summed E-state index contributed by atoms with van der Waals surface area (Å²) < 4.78 is 0. The van der Waals surface area contributed by atoms with Crippen LogP contribution in [0.4, 0.5) is 0 Å². The van der Waals surface area contributed by atoms with E-state index in [1.165, 1.54) is 11.2 Å². The molecule has 0 amide bonds. The minimum atomic E-state index is 0.628. The van der Waals surface area contributed by atoms with Crippen molar-refractivity contribution in [2.75, 3.05) is 19.6 Å². The largest absolute Gasteiger partial charge is 0.315 e. The number of rotatable bonds is 5. The van der Waals surface area contributed by atoms with Gasteiger partial charge in [-0.25, -0.2) is 0 Å². The Balaban J connectivity index is 1.96. The first-order chi connectivity index (χ1) is 7.79. The van der Waals surface area contributed by atoms with Crippen molar-refractivity contribution in [2.24, 2.45) is 7.05 Å². The molecule has 1 aromatic rings. The summed E-state index contributed by atoms with van der Waals surface area (Å²) in [6.07, 6.45) is 2.39. The molecule has 1 aromatic heterocycles. The van der Waals surface area contributed by atoms with Crippen molar-refractivity contribution < 1.29 is 0 Å². The van der Waals surface area contributed by atoms with E-state index in [2.05, 4.69) is 32.6 Å². The second-order valence-corrected chi connectivity index (χ2v) is 4.31. The van der Waals surface area contributed by atoms with Crippen molar-refractivity contribution in [3.05, 3.63) is 5.82 Å². The lowest BCUT2D eigenvalue weighted by Gasteiger charge is -2.26. The topological polar surface area (TPSA) is 58.9 Å². The van der Waals surface area contributed by atoms with Gasteiger partial charge in [0.1, 0.15) is 0 Å². The standard InChI is InChI=1S/C10H20N6/c1-3-6-16(9-4-5-11-7-9)8-10-12-14-15(2)13-10/h9,11H,3-8H2,1-2H3. The summed E-state index contributed by atoms with van der Waals surface area (Å²) in [4.78, 5) is 3.98. The fraction of sp³-hybridized carbons (Fsp3) is 0.900. The van der Waals surface area contributed by atoms with Crippen LogP contribution in [0.15, 0.2) is 0 Å². The Kier molecular flexibility index (Phi) is 3.84. The van der Waals surface area contributed by atoms with E-state index in [0.29, 0.717) is 6.04 Å². The van der Waals surface area contributed by atoms with Gasteiger partial charge in [-0.05, 0) is 31.1 Å². The van der Waals surface area contributed by atoms with Crippen molar-refractivity contribution in [1.29, 1.82) is 0 Å². The van der Waals surface area contributed by atoms with E-state index in [1.54, 1.807) is 7.05 Å². The summed E-state index contributed by atoms with van der Waals surface area (Å²) in [5, 5.41) is 15.6. The lowest BCUT2D eigenvalue weighted by atomic mass is 10.2. The Hall–Kier alpha value is -1.01. The van der Waals surface area contributed by atoms with Crippen molar-refractivity contribution in [1.82, 2.24) is 30.4 Å². The Morgan fingerprint density at radius 1 is 1.56 bits per heavy atom. The minimum Gasteiger partial charge on any atom is -0.315 e. The molecule has 1 saturated heterocycles. The first-order valence-corrected chi connectivity index (χ1v) is 5.97. The Labute approximate surface area is 96.0 Å². The number of aromatic nitrogens is 4. The summed E-state index contributed by atoms with van der Waals surface area (Å²) in [5.41, 5.74) is 0. The molecule has 1 unspecified atom stereocenters. The van der Waals surface area contributed by atoms with Crippen LogP contribution in [0.5, 0.6) is 0 Å². The predicted octanol–water partition coefficient (Wildman–Crippen LogP) is -0.216. The SMILES string of the molecule is CCCN(Cc1nnn(C)n1)C1CCNC1. The number of hydrogen-bond donors (Lipinski definition) is 1. The van der Waals surface area contributed by atoms with Crippen molar-refractivity contribution in [3.63, 3.8) is 0 Å². The lowest BCUT2D eigenvalue weighted by Crippen LogP contribution is -2.37. The molecule has 90 valence electrons. The van der Waals surface area contributed by atoms with E-state index < -0.39 is 0 Å². The zero-order valence-corrected chi connectivity index (χ0v) is 10.1. The molecule has 6 nitrogen and oxygen atoms in total. The highest BCUT2D eigenvalue weighted by Gasteiger charge is 2.22. The average Bonchev–Trinajstić information content (AvgIpc) is 2.88. The molecular formula is C10H20N6. The molecule has 1 atom stereocenters. The van der Waals surface area contributed by atoms with Gasteiger partial charge in [-0.15, -0.1) is 10.2 Å². The molecule has 0 aliphatic carbocycles. The molecule has 0 spiro atoms. The Morgan fingerprint density at radius 2 is 2.44 bits per heavy atom. The second-order valence-electron chi connectivity index (χ2n) is 4.31. The third-order valence-electron chi connectivity index (χ3n) is 2.96. The van der Waals surface area contributed by atoms with Crippen LogP contribution in [0.3, 0.4) is 0 Å². The van der Waals surface area contributed by atoms with Gasteiger partial charge in [-0.1, -0.05) is 6.92 Å². The number of nitrogens with zero attached hydrogens (tertiary/aromatic N) is 5. The van der Waals surface area contributed by atoms with Crippen molar-refractivity contribution in [2.45, 2.75) is 32.4 Å². The van der Waals surface area contributed by atoms with E-state index in [0.717, 1.165) is 38.4 Å². The number of aryl methyl sites for hydroxylation is 1. The maximum atomic E-state index is 4.24. The second kappa shape index (κ2) is 5.36. The molecule has 6 heteroatoms. The van der Waals surface area contributed by atoms with E-state index in [9.17, 15) is 0 Å². The van der Waals surface area contributed by atoms with Gasteiger partial charge in [-0.2, -0.15) is 4.80 Å². The maximum absolute atomic E-state index is 4.24. The van der Waals surface area contributed by atoms with Gasteiger partial charge >= 0.3 is 0 Å². The van der Waals surface area contributed by atoms with Crippen LogP contribution in [-0.4, -0.2) is 50.8 Å². The molecule has 0 bridgehead atoms. The molecule has 1 N–H and O–H groups in total. The molecule has 0 saturated carbocycles. The van der Waals surface area contributed by atoms with Crippen LogP contribution in [-0.2, 0) is 13.6 Å². The van der Waals surface area contributed by atoms with E-state index >= 15 is 0 Å². The summed E-state index contributed by atoms with van der Waals surface area (Å²) >= 11 is 0. The van der Waals surface area contributed by atoms with Crippen LogP contribution in [0.2, 0.25) is 0 Å². The van der Waals surface area contributed by atoms with Gasteiger partial charge in [-0.3, -0.25) is 4.90 Å². The lowest BCUT2D eigenvalue weighted by molar-refractivity contribution is 0.194. The van der Waals surface area contributed by atoms with E-state index in [-0.39, 0.29) is 0 Å². The highest BCUT2D eigenvalue weighted by atomic mass is 15.6. The van der Waals surface area contributed by atoms with E-state index in [4.69, 9.17) is 0 Å². The monoisotopic (exact) mass is 224 g/mol. The molecule has 1 fully saturated rings. The normalized spacial score (nSPS) is 20.8. The van der Waals surface area contributed by atoms with Gasteiger partial charge in [0, 0.05) is 12.6 Å². The van der Waals surface area contributed by atoms with Gasteiger partial charge in [0.25, 0.3) is 0 Å². The molecular weight excluding hydrogens is 204 g/mol. The molecule has 0 radical (unpaired) electrons. The van der Waals surface area contributed by atoms with Gasteiger partial charge < -0.3 is 5.32 Å². The number of nitrogens with one attached hydrogen (secondary N) is 1. The molecule has 2 heterocycles. The number of hydrogen-bond acceptors (Lipinski definition) is 5. The van der Waals surface area contributed by atoms with Crippen molar-refractivity contribution >= 4 is 0 Å². The highest BCUT2D eigenvalue weighted by molar-refractivity contribution is 4.85. The summed E-state index contributed by atoms with van der Waals surface area (Å²) in [7, 11) is 1.80. The van der Waals surface area contributed by atoms with Gasteiger partial charge in [0.05, 0.1) is 13.6 Å². The quantitative estimate of drug-likeness (QED) is 0.749. The zero-order chi connectivity index (χ0) is 11.4. The Bertz CT molecular complexity index is 317. The summed E-state index contributed by atoms with van der Waals surface area (Å²) in [6, 6.07) is 0.628. The molecule has 16 heavy (non-hydrogen) atoms. The highest BCUT2D eigenvalue weighted by Crippen LogP contribution is 2.11. The fourth-order valence-corrected chi connectivity index (χ4v) is 2.20. The Morgan fingerprint density at radius 3 is 3.00 bits per heavy atom. The van der Waals surface area contributed by atoms with Crippen LogP contribution in [0, 0.1) is 0 Å². The van der Waals surface area contributed by atoms with Gasteiger partial charge in [0.2, 0.25) is 0 Å². The molecule has 1 aliphatic rings. The first-order valence-electron chi connectivity index (χ1n) is 5.97. The van der Waals surface area contributed by atoms with Crippen LogP contribution >= 0.6 is 0 Å². The molecule has 2 rings (SSSR count). The van der Waals surface area contributed by atoms with E-state index in [1.807, 2.05) is 0 Å². The molecule has 0 aromatic carbocycles. The number of tetrazole rings is 1. The third-order valence-corrected chi connectivity index (χ3v) is 2.96. The molecule has 1 aliphatic heterocycles. The smallest absolute Gasteiger partial charge is 0.188 e. The summed E-state index contributed by atoms with van der Waals surface area (Å²) in [5.74, 6) is 0.822. The summed E-state index contributed by atoms with van der Waals surface area (Å²) in [6.45, 7) is 6.33. The van der Waals surface area contributed by atoms with Crippen LogP contribution in [0.25, 0.3) is 0 Å². The fourth-order valence-electron chi connectivity index (χ4n) is 2.20. The maximum Gasteiger partial charge on any atom is 0.188 e. The van der Waals surface area contributed by atoms with Gasteiger partial charge in [0.15, 0.2) is 5.82 Å². The predicted molar refractivity (Wildman–Crippen MR) is 60.8 cm³/mol. The average molecular weight is 224 g/mol. The third kappa shape index (κ3) is 2.76. The zero-order valence-electron chi connectivity index (χ0n) is 10.1. The van der Waals surface area contributed by atoms with Crippen LogP contribution in [0.1, 0.15) is 25.6 Å². The van der Waals surface area contributed by atoms with Crippen molar-refractivity contribution in [3.8, 4) is 0 Å². The first kappa shape index (κ1) is 11.5.